The van der Waals surface area contributed by atoms with E-state index in [1.54, 1.807) is 0 Å². The van der Waals surface area contributed by atoms with Crippen molar-refractivity contribution >= 4 is 10.9 Å². The molecule has 2 aromatic rings. The quantitative estimate of drug-likeness (QED) is 0.834. The zero-order valence-corrected chi connectivity index (χ0v) is 10.5. The Kier molecular flexibility index (Phi) is 3.01. The third-order valence-electron chi connectivity index (χ3n) is 3.10. The van der Waals surface area contributed by atoms with E-state index in [1.165, 1.54) is 22.2 Å². The van der Waals surface area contributed by atoms with Crippen LogP contribution in [-0.4, -0.2) is 10.6 Å². The maximum Gasteiger partial charge on any atom is 0.0482 e. The summed E-state index contributed by atoms with van der Waals surface area (Å²) < 4.78 is 2.28. The Hall–Kier alpha value is -1.28. The molecule has 0 bridgehead atoms. The minimum absolute atomic E-state index is 0.527. The molecule has 0 amide bonds. The highest BCUT2D eigenvalue weighted by Crippen LogP contribution is 2.21. The van der Waals surface area contributed by atoms with Gasteiger partial charge >= 0.3 is 0 Å². The van der Waals surface area contributed by atoms with Gasteiger partial charge in [0, 0.05) is 36.2 Å². The molecule has 0 unspecified atom stereocenters. The van der Waals surface area contributed by atoms with E-state index >= 15 is 0 Å². The van der Waals surface area contributed by atoms with Crippen LogP contribution in [0.1, 0.15) is 25.1 Å². The lowest BCUT2D eigenvalue weighted by molar-refractivity contribution is 0.572. The molecule has 0 radical (unpaired) electrons. The Morgan fingerprint density at radius 3 is 2.69 bits per heavy atom. The normalized spacial score (nSPS) is 11.6. The Bertz CT molecular complexity index is 495. The molecular formula is C14H20N2. The smallest absolute Gasteiger partial charge is 0.0482 e. The third-order valence-corrected chi connectivity index (χ3v) is 3.10. The van der Waals surface area contributed by atoms with Gasteiger partial charge in [-0.05, 0) is 24.6 Å². The number of nitrogens with zero attached hydrogens (tertiary/aromatic N) is 1. The van der Waals surface area contributed by atoms with Crippen LogP contribution in [0.3, 0.4) is 0 Å². The second-order valence-corrected chi connectivity index (χ2v) is 4.74. The number of fused-ring (bicyclic) bond motifs is 1. The predicted octanol–water partition coefficient (Wildman–Crippen LogP) is 2.98. The van der Waals surface area contributed by atoms with Crippen molar-refractivity contribution in [3.8, 4) is 0 Å². The van der Waals surface area contributed by atoms with Crippen LogP contribution in [0, 0.1) is 6.92 Å². The zero-order valence-electron chi connectivity index (χ0n) is 10.5. The van der Waals surface area contributed by atoms with Gasteiger partial charge in [-0.3, -0.25) is 0 Å². The largest absolute Gasteiger partial charge is 0.346 e. The van der Waals surface area contributed by atoms with Gasteiger partial charge < -0.3 is 9.88 Å². The van der Waals surface area contributed by atoms with Gasteiger partial charge in [0.05, 0.1) is 0 Å². The SMILES string of the molecule is Cc1cccc2c1cc(CNC(C)C)n2C. The van der Waals surface area contributed by atoms with Gasteiger partial charge in [-0.25, -0.2) is 0 Å². The Morgan fingerprint density at radius 1 is 1.31 bits per heavy atom. The van der Waals surface area contributed by atoms with Crippen molar-refractivity contribution in [3.05, 3.63) is 35.5 Å². The number of hydrogen-bond donors (Lipinski definition) is 1. The Balaban J connectivity index is 2.40. The van der Waals surface area contributed by atoms with Gasteiger partial charge in [-0.2, -0.15) is 0 Å². The van der Waals surface area contributed by atoms with Gasteiger partial charge in [0.25, 0.3) is 0 Å². The van der Waals surface area contributed by atoms with Crippen molar-refractivity contribution in [2.24, 2.45) is 7.05 Å². The van der Waals surface area contributed by atoms with Crippen molar-refractivity contribution in [1.82, 2.24) is 9.88 Å². The second-order valence-electron chi connectivity index (χ2n) is 4.74. The summed E-state index contributed by atoms with van der Waals surface area (Å²) in [6.07, 6.45) is 0. The van der Waals surface area contributed by atoms with Crippen molar-refractivity contribution in [2.45, 2.75) is 33.4 Å². The first-order chi connectivity index (χ1) is 7.59. The molecule has 1 aromatic carbocycles. The highest BCUT2D eigenvalue weighted by atomic mass is 15.0. The number of aryl methyl sites for hydroxylation is 2. The summed E-state index contributed by atoms with van der Waals surface area (Å²) in [5, 5.41) is 4.83. The molecule has 0 saturated heterocycles. The molecule has 1 aromatic heterocycles. The minimum atomic E-state index is 0.527. The molecule has 2 heteroatoms. The van der Waals surface area contributed by atoms with E-state index in [2.05, 4.69) is 62.0 Å². The Morgan fingerprint density at radius 2 is 2.06 bits per heavy atom. The zero-order chi connectivity index (χ0) is 11.7. The molecular weight excluding hydrogens is 196 g/mol. The van der Waals surface area contributed by atoms with Gasteiger partial charge in [0.15, 0.2) is 0 Å². The summed E-state index contributed by atoms with van der Waals surface area (Å²) in [5.74, 6) is 0. The number of rotatable bonds is 3. The van der Waals surface area contributed by atoms with Gasteiger partial charge in [-0.1, -0.05) is 26.0 Å². The van der Waals surface area contributed by atoms with E-state index in [9.17, 15) is 0 Å². The second kappa shape index (κ2) is 4.30. The topological polar surface area (TPSA) is 17.0 Å². The molecule has 16 heavy (non-hydrogen) atoms. The van der Waals surface area contributed by atoms with Crippen LogP contribution < -0.4 is 5.32 Å². The number of hydrogen-bond acceptors (Lipinski definition) is 1. The lowest BCUT2D eigenvalue weighted by atomic mass is 10.1. The summed E-state index contributed by atoms with van der Waals surface area (Å²) in [7, 11) is 2.14. The van der Waals surface area contributed by atoms with Crippen LogP contribution in [-0.2, 0) is 13.6 Å². The van der Waals surface area contributed by atoms with Crippen LogP contribution in [0.2, 0.25) is 0 Å². The van der Waals surface area contributed by atoms with Gasteiger partial charge in [-0.15, -0.1) is 0 Å². The molecule has 2 rings (SSSR count). The number of aromatic nitrogens is 1. The van der Waals surface area contributed by atoms with Crippen LogP contribution >= 0.6 is 0 Å². The van der Waals surface area contributed by atoms with E-state index in [4.69, 9.17) is 0 Å². The third kappa shape index (κ3) is 1.98. The van der Waals surface area contributed by atoms with Crippen molar-refractivity contribution in [2.75, 3.05) is 0 Å². The molecule has 0 atom stereocenters. The van der Waals surface area contributed by atoms with E-state index < -0.39 is 0 Å². The van der Waals surface area contributed by atoms with Crippen LogP contribution in [0.25, 0.3) is 10.9 Å². The monoisotopic (exact) mass is 216 g/mol. The average Bonchev–Trinajstić information content (AvgIpc) is 2.55. The summed E-state index contributed by atoms with van der Waals surface area (Å²) in [6.45, 7) is 7.45. The lowest BCUT2D eigenvalue weighted by Gasteiger charge is -2.08. The fraction of sp³-hybridized carbons (Fsp3) is 0.429. The molecule has 0 aliphatic heterocycles. The maximum atomic E-state index is 3.46. The molecule has 1 heterocycles. The highest BCUT2D eigenvalue weighted by Gasteiger charge is 2.07. The van der Waals surface area contributed by atoms with E-state index in [1.807, 2.05) is 0 Å². The summed E-state index contributed by atoms with van der Waals surface area (Å²) in [5.41, 5.74) is 4.02. The minimum Gasteiger partial charge on any atom is -0.346 e. The first kappa shape index (κ1) is 11.2. The average molecular weight is 216 g/mol. The highest BCUT2D eigenvalue weighted by molar-refractivity contribution is 5.84. The Labute approximate surface area is 97.3 Å². The molecule has 1 N–H and O–H groups in total. The molecule has 0 aliphatic carbocycles. The van der Waals surface area contributed by atoms with Gasteiger partial charge in [0.2, 0.25) is 0 Å². The molecule has 2 nitrogen and oxygen atoms in total. The van der Waals surface area contributed by atoms with Crippen LogP contribution in [0.4, 0.5) is 0 Å². The molecule has 86 valence electrons. The lowest BCUT2D eigenvalue weighted by Crippen LogP contribution is -2.22. The van der Waals surface area contributed by atoms with E-state index in [-0.39, 0.29) is 0 Å². The van der Waals surface area contributed by atoms with Crippen LogP contribution in [0.5, 0.6) is 0 Å². The molecule has 0 aliphatic rings. The maximum absolute atomic E-state index is 3.46. The summed E-state index contributed by atoms with van der Waals surface area (Å²) in [4.78, 5) is 0. The fourth-order valence-electron chi connectivity index (χ4n) is 2.04. The van der Waals surface area contributed by atoms with E-state index in [0.29, 0.717) is 6.04 Å². The summed E-state index contributed by atoms with van der Waals surface area (Å²) >= 11 is 0. The van der Waals surface area contributed by atoms with Crippen molar-refractivity contribution < 1.29 is 0 Å². The van der Waals surface area contributed by atoms with Crippen molar-refractivity contribution in [3.63, 3.8) is 0 Å². The fourth-order valence-corrected chi connectivity index (χ4v) is 2.04. The summed E-state index contributed by atoms with van der Waals surface area (Å²) in [6, 6.07) is 9.29. The van der Waals surface area contributed by atoms with E-state index in [0.717, 1.165) is 6.54 Å². The molecule has 0 saturated carbocycles. The first-order valence-corrected chi connectivity index (χ1v) is 5.87. The van der Waals surface area contributed by atoms with Gasteiger partial charge in [0.1, 0.15) is 0 Å². The standard InChI is InChI=1S/C14H20N2/c1-10(2)15-9-12-8-13-11(3)6-5-7-14(13)16(12)4/h5-8,10,15H,9H2,1-4H3. The van der Waals surface area contributed by atoms with Crippen molar-refractivity contribution in [1.29, 1.82) is 0 Å². The number of nitrogens with one attached hydrogen (secondary N) is 1. The molecule has 0 spiro atoms. The number of benzene rings is 1. The predicted molar refractivity (Wildman–Crippen MR) is 69.6 cm³/mol. The van der Waals surface area contributed by atoms with Crippen LogP contribution in [0.15, 0.2) is 24.3 Å². The molecule has 0 fully saturated rings. The first-order valence-electron chi connectivity index (χ1n) is 5.87.